The molecule has 2 unspecified atom stereocenters. The van der Waals surface area contributed by atoms with Gasteiger partial charge in [-0.15, -0.1) is 0 Å². The first-order valence-electron chi connectivity index (χ1n) is 9.91. The molecule has 2 aromatic carbocycles. The zero-order valence-corrected chi connectivity index (χ0v) is 18.2. The highest BCUT2D eigenvalue weighted by Gasteiger charge is 2.61. The Balaban J connectivity index is 1.64. The van der Waals surface area contributed by atoms with E-state index in [0.717, 1.165) is 6.07 Å². The first kappa shape index (κ1) is 23.0. The van der Waals surface area contributed by atoms with Gasteiger partial charge in [0.25, 0.3) is 5.91 Å². The van der Waals surface area contributed by atoms with Crippen LogP contribution in [-0.4, -0.2) is 36.8 Å². The second-order valence-electron chi connectivity index (χ2n) is 8.25. The number of fused-ring (bicyclic) bond motifs is 2. The van der Waals surface area contributed by atoms with Crippen LogP contribution in [0.15, 0.2) is 35.2 Å². The average molecular weight is 489 g/mol. The average Bonchev–Trinajstić information content (AvgIpc) is 3.22. The summed E-state index contributed by atoms with van der Waals surface area (Å²) >= 11 is 6.15. The number of anilines is 1. The van der Waals surface area contributed by atoms with Crippen LogP contribution in [0.2, 0.25) is 5.02 Å². The van der Waals surface area contributed by atoms with Crippen LogP contribution in [0.1, 0.15) is 29.6 Å². The van der Waals surface area contributed by atoms with E-state index in [9.17, 15) is 31.5 Å². The van der Waals surface area contributed by atoms with Gasteiger partial charge in [-0.25, -0.2) is 21.6 Å². The second kappa shape index (κ2) is 8.02. The van der Waals surface area contributed by atoms with E-state index in [-0.39, 0.29) is 40.1 Å². The molecule has 2 aliphatic carbocycles. The van der Waals surface area contributed by atoms with Crippen molar-refractivity contribution < 1.29 is 31.5 Å². The van der Waals surface area contributed by atoms with Gasteiger partial charge in [0, 0.05) is 35.8 Å². The van der Waals surface area contributed by atoms with Crippen molar-refractivity contribution in [3.63, 3.8) is 0 Å². The van der Waals surface area contributed by atoms with E-state index in [2.05, 4.69) is 5.32 Å². The number of aliphatic hydroxyl groups is 1. The van der Waals surface area contributed by atoms with Gasteiger partial charge in [-0.2, -0.15) is 0 Å². The lowest BCUT2D eigenvalue weighted by atomic mass is 9.92. The molecule has 0 radical (unpaired) electrons. The largest absolute Gasteiger partial charge is 0.388 e. The molecule has 2 fully saturated rings. The molecule has 172 valence electrons. The van der Waals surface area contributed by atoms with Crippen molar-refractivity contribution >= 4 is 33.0 Å². The van der Waals surface area contributed by atoms with Crippen LogP contribution in [0.5, 0.6) is 0 Å². The van der Waals surface area contributed by atoms with Crippen molar-refractivity contribution in [2.24, 2.45) is 17.6 Å². The molecule has 6 nitrogen and oxygen atoms in total. The van der Waals surface area contributed by atoms with Gasteiger partial charge in [0.15, 0.2) is 27.3 Å². The third-order valence-electron chi connectivity index (χ3n) is 6.61. The SMILES string of the molecule is NC[C@@]1(O)C2CCC1[C@H](S(=O)(=O)c1cc(C(=O)Nc3cc(F)c(F)c(F)c3)ccc1Cl)C2. The topological polar surface area (TPSA) is 109 Å². The van der Waals surface area contributed by atoms with E-state index in [1.807, 2.05) is 0 Å². The van der Waals surface area contributed by atoms with Crippen LogP contribution in [0.4, 0.5) is 18.9 Å². The van der Waals surface area contributed by atoms with E-state index >= 15 is 0 Å². The lowest BCUT2D eigenvalue weighted by Crippen LogP contribution is -2.44. The number of rotatable bonds is 5. The van der Waals surface area contributed by atoms with Gasteiger partial charge in [0.2, 0.25) is 0 Å². The first-order valence-corrected chi connectivity index (χ1v) is 11.8. The third kappa shape index (κ3) is 3.59. The molecule has 4 atom stereocenters. The van der Waals surface area contributed by atoms with Gasteiger partial charge in [-0.3, -0.25) is 4.79 Å². The zero-order chi connectivity index (χ0) is 23.4. The number of hydrogen-bond acceptors (Lipinski definition) is 5. The van der Waals surface area contributed by atoms with Crippen molar-refractivity contribution in [2.45, 2.75) is 35.0 Å². The minimum atomic E-state index is -4.03. The highest BCUT2D eigenvalue weighted by atomic mass is 35.5. The number of nitrogens with one attached hydrogen (secondary N) is 1. The molecule has 4 rings (SSSR count). The van der Waals surface area contributed by atoms with E-state index in [4.69, 9.17) is 17.3 Å². The normalized spacial score (nSPS) is 27.0. The van der Waals surface area contributed by atoms with E-state index < -0.39 is 50.0 Å². The summed E-state index contributed by atoms with van der Waals surface area (Å²) < 4.78 is 66.7. The maximum absolute atomic E-state index is 13.4. The molecule has 2 saturated carbocycles. The summed E-state index contributed by atoms with van der Waals surface area (Å²) in [6, 6.07) is 4.78. The summed E-state index contributed by atoms with van der Waals surface area (Å²) in [5.41, 5.74) is 4.01. The molecule has 0 saturated heterocycles. The summed E-state index contributed by atoms with van der Waals surface area (Å²) in [5, 5.41) is 12.1. The molecule has 4 N–H and O–H groups in total. The maximum atomic E-state index is 13.4. The highest BCUT2D eigenvalue weighted by Crippen LogP contribution is 2.55. The molecule has 11 heteroatoms. The molecule has 0 spiro atoms. The number of benzene rings is 2. The number of hydrogen-bond donors (Lipinski definition) is 3. The van der Waals surface area contributed by atoms with Crippen LogP contribution in [-0.2, 0) is 9.84 Å². The lowest BCUT2D eigenvalue weighted by molar-refractivity contribution is 0.00445. The number of halogens is 4. The molecule has 0 heterocycles. The molecule has 0 aromatic heterocycles. The highest BCUT2D eigenvalue weighted by molar-refractivity contribution is 7.92. The Morgan fingerprint density at radius 3 is 2.44 bits per heavy atom. The number of carbonyl (C=O) groups is 1. The van der Waals surface area contributed by atoms with Crippen molar-refractivity contribution in [1.29, 1.82) is 0 Å². The fourth-order valence-corrected chi connectivity index (χ4v) is 7.66. The summed E-state index contributed by atoms with van der Waals surface area (Å²) in [7, 11) is -4.03. The van der Waals surface area contributed by atoms with Crippen molar-refractivity contribution in [3.8, 4) is 0 Å². The van der Waals surface area contributed by atoms with Crippen LogP contribution in [0.25, 0.3) is 0 Å². The summed E-state index contributed by atoms with van der Waals surface area (Å²) in [5.74, 6) is -6.28. The first-order chi connectivity index (χ1) is 15.0. The van der Waals surface area contributed by atoms with Crippen molar-refractivity contribution in [1.82, 2.24) is 0 Å². The summed E-state index contributed by atoms with van der Waals surface area (Å²) in [4.78, 5) is 12.3. The van der Waals surface area contributed by atoms with Crippen LogP contribution in [0, 0.1) is 29.3 Å². The molecule has 1 amide bonds. The molecule has 2 aromatic rings. The van der Waals surface area contributed by atoms with Crippen molar-refractivity contribution in [3.05, 3.63) is 58.4 Å². The lowest BCUT2D eigenvalue weighted by Gasteiger charge is -2.28. The van der Waals surface area contributed by atoms with E-state index in [1.165, 1.54) is 12.1 Å². The molecule has 2 aliphatic rings. The van der Waals surface area contributed by atoms with Crippen LogP contribution >= 0.6 is 11.6 Å². The predicted octanol–water partition coefficient (Wildman–Crippen LogP) is 3.27. The van der Waals surface area contributed by atoms with E-state index in [1.54, 1.807) is 0 Å². The molecule has 0 aliphatic heterocycles. The van der Waals surface area contributed by atoms with Gasteiger partial charge in [0.05, 0.1) is 20.8 Å². The van der Waals surface area contributed by atoms with Gasteiger partial charge in [-0.05, 0) is 43.4 Å². The monoisotopic (exact) mass is 488 g/mol. The Labute approximate surface area is 187 Å². The minimum absolute atomic E-state index is 0.0463. The summed E-state index contributed by atoms with van der Waals surface area (Å²) in [6.07, 6.45) is 1.44. The number of nitrogens with two attached hydrogens (primary N) is 1. The maximum Gasteiger partial charge on any atom is 0.255 e. The number of amides is 1. The Kier molecular flexibility index (Phi) is 5.77. The molecule has 32 heavy (non-hydrogen) atoms. The number of carbonyl (C=O) groups excluding carboxylic acids is 1. The van der Waals surface area contributed by atoms with Crippen LogP contribution in [0.3, 0.4) is 0 Å². The third-order valence-corrected chi connectivity index (χ3v) is 9.32. The fraction of sp³-hybridized carbons (Fsp3) is 0.381. The smallest absolute Gasteiger partial charge is 0.255 e. The Morgan fingerprint density at radius 2 is 1.84 bits per heavy atom. The van der Waals surface area contributed by atoms with Gasteiger partial charge in [-0.1, -0.05) is 11.6 Å². The van der Waals surface area contributed by atoms with Crippen molar-refractivity contribution in [2.75, 3.05) is 11.9 Å². The Hall–Kier alpha value is -2.14. The quantitative estimate of drug-likeness (QED) is 0.560. The minimum Gasteiger partial charge on any atom is -0.388 e. The van der Waals surface area contributed by atoms with Gasteiger partial charge < -0.3 is 16.2 Å². The van der Waals surface area contributed by atoms with Crippen LogP contribution < -0.4 is 11.1 Å². The predicted molar refractivity (Wildman–Crippen MR) is 112 cm³/mol. The molecular weight excluding hydrogens is 469 g/mol. The molecule has 2 bridgehead atoms. The van der Waals surface area contributed by atoms with Gasteiger partial charge >= 0.3 is 0 Å². The van der Waals surface area contributed by atoms with Gasteiger partial charge in [0.1, 0.15) is 0 Å². The second-order valence-corrected chi connectivity index (χ2v) is 10.8. The number of sulfone groups is 1. The van der Waals surface area contributed by atoms with E-state index in [0.29, 0.717) is 25.0 Å². The summed E-state index contributed by atoms with van der Waals surface area (Å²) in [6.45, 7) is -0.0463. The Bertz CT molecular complexity index is 1190. The molecular formula is C21H20ClF3N2O4S. The Morgan fingerprint density at radius 1 is 1.19 bits per heavy atom. The fourth-order valence-electron chi connectivity index (χ4n) is 4.98. The standard InChI is InChI=1S/C21H20ClF3N2O4S/c22-14-4-1-10(20(28)27-12-7-15(23)19(25)16(24)8-12)5-18(14)32(30,31)17-6-11-2-3-13(17)21(11,29)9-26/h1,4-5,7-8,11,13,17,29H,2-3,6,9,26H2,(H,27,28)/t11?,13?,17-,21-/m1/s1. The zero-order valence-electron chi connectivity index (χ0n) is 16.6.